The maximum Gasteiger partial charge on any atom is 0.270 e. The Balaban J connectivity index is 1.26. The Kier molecular flexibility index (Phi) is 8.97. The second-order valence-electron chi connectivity index (χ2n) is 12.8. The summed E-state index contributed by atoms with van der Waals surface area (Å²) in [7, 11) is 0. The number of aryl methyl sites for hydroxylation is 3. The predicted octanol–water partition coefficient (Wildman–Crippen LogP) is 6.32. The summed E-state index contributed by atoms with van der Waals surface area (Å²) in [4.78, 5) is 52.6. The lowest BCUT2D eigenvalue weighted by Gasteiger charge is -2.16. The van der Waals surface area contributed by atoms with Crippen molar-refractivity contribution in [3.05, 3.63) is 70.6 Å². The number of hydrogen-bond acceptors (Lipinski definition) is 5. The van der Waals surface area contributed by atoms with Gasteiger partial charge in [-0.2, -0.15) is 0 Å². The van der Waals surface area contributed by atoms with Crippen LogP contribution in [0.25, 0.3) is 55.3 Å². The first-order valence-corrected chi connectivity index (χ1v) is 17.4. The van der Waals surface area contributed by atoms with Crippen molar-refractivity contribution in [1.82, 2.24) is 34.3 Å². The highest BCUT2D eigenvalue weighted by Crippen LogP contribution is 2.34. The number of amides is 2. The van der Waals surface area contributed by atoms with E-state index in [9.17, 15) is 14.4 Å². The number of benzene rings is 3. The van der Waals surface area contributed by atoms with Gasteiger partial charge in [0.05, 0.1) is 22.1 Å². The summed E-state index contributed by atoms with van der Waals surface area (Å²) in [5, 5.41) is 5.34. The standard InChI is InChI=1S/C38H43N7O3/c1-3-5-8-18-39-35(46)17-15-28-38(48)42-29-23-31-34(24-30(29)40-28)45(21-10-20-43-19-9-13-36(43)47)37(41-31)25-14-16-33-27(22-25)26-11-6-7-12-32(26)44(33)4-2/h6-7,11-12,14,16,22-24H,3-5,8-10,13,15,17-21H2,1-2H3,(H,39,46)(H,42,48). The van der Waals surface area contributed by atoms with Crippen LogP contribution in [0.2, 0.25) is 0 Å². The van der Waals surface area contributed by atoms with Gasteiger partial charge in [-0.15, -0.1) is 0 Å². The Bertz CT molecular complexity index is 2210. The molecule has 0 bridgehead atoms. The number of likely N-dealkylation sites (tertiary alicyclic amines) is 1. The maximum atomic E-state index is 13.0. The van der Waals surface area contributed by atoms with Crippen LogP contribution >= 0.6 is 0 Å². The van der Waals surface area contributed by atoms with Crippen LogP contribution in [0.4, 0.5) is 0 Å². The molecule has 1 aliphatic heterocycles. The van der Waals surface area contributed by atoms with Gasteiger partial charge in [0, 0.05) is 79.4 Å². The molecule has 0 saturated carbocycles. The highest BCUT2D eigenvalue weighted by atomic mass is 16.2. The third-order valence-corrected chi connectivity index (χ3v) is 9.65. The predicted molar refractivity (Wildman–Crippen MR) is 191 cm³/mol. The Morgan fingerprint density at radius 1 is 0.875 bits per heavy atom. The molecule has 1 aliphatic rings. The molecule has 1 fully saturated rings. The van der Waals surface area contributed by atoms with Gasteiger partial charge in [-0.3, -0.25) is 14.4 Å². The summed E-state index contributed by atoms with van der Waals surface area (Å²) in [6.07, 6.45) is 5.94. The third-order valence-electron chi connectivity index (χ3n) is 9.65. The van der Waals surface area contributed by atoms with Crippen LogP contribution in [0, 0.1) is 0 Å². The zero-order valence-electron chi connectivity index (χ0n) is 27.8. The highest BCUT2D eigenvalue weighted by Gasteiger charge is 2.21. The lowest BCUT2D eigenvalue weighted by Crippen LogP contribution is -2.26. The van der Waals surface area contributed by atoms with E-state index in [0.717, 1.165) is 67.6 Å². The first-order valence-electron chi connectivity index (χ1n) is 17.4. The maximum absolute atomic E-state index is 13.0. The van der Waals surface area contributed by atoms with Crippen molar-refractivity contribution in [2.45, 2.75) is 78.3 Å². The number of fused-ring (bicyclic) bond motifs is 5. The van der Waals surface area contributed by atoms with E-state index in [0.29, 0.717) is 42.8 Å². The minimum Gasteiger partial charge on any atom is -0.356 e. The quantitative estimate of drug-likeness (QED) is 0.143. The largest absolute Gasteiger partial charge is 0.356 e. The van der Waals surface area contributed by atoms with E-state index in [1.165, 1.54) is 21.8 Å². The van der Waals surface area contributed by atoms with Gasteiger partial charge < -0.3 is 24.3 Å². The zero-order chi connectivity index (χ0) is 33.2. The number of nitrogens with zero attached hydrogens (tertiary/aromatic N) is 5. The number of para-hydroxylation sites is 1. The molecule has 3 aromatic carbocycles. The molecule has 7 rings (SSSR count). The fourth-order valence-corrected chi connectivity index (χ4v) is 7.18. The van der Waals surface area contributed by atoms with Crippen molar-refractivity contribution >= 4 is 55.7 Å². The fraction of sp³-hybridized carbons (Fsp3) is 0.395. The third kappa shape index (κ3) is 6.07. The zero-order valence-corrected chi connectivity index (χ0v) is 27.8. The lowest BCUT2D eigenvalue weighted by molar-refractivity contribution is -0.127. The Labute approximate surface area is 279 Å². The molecule has 0 radical (unpaired) electrons. The van der Waals surface area contributed by atoms with E-state index in [4.69, 9.17) is 9.97 Å². The first kappa shape index (κ1) is 31.6. The fourth-order valence-electron chi connectivity index (χ4n) is 7.18. The monoisotopic (exact) mass is 645 g/mol. The van der Waals surface area contributed by atoms with Crippen molar-refractivity contribution < 1.29 is 9.59 Å². The molecule has 0 atom stereocenters. The van der Waals surface area contributed by atoms with E-state index in [1.807, 2.05) is 17.0 Å². The number of carbonyl (C=O) groups is 2. The molecular formula is C38H43N7O3. The molecule has 2 N–H and O–H groups in total. The van der Waals surface area contributed by atoms with Crippen molar-refractivity contribution in [1.29, 1.82) is 0 Å². The van der Waals surface area contributed by atoms with Crippen LogP contribution < -0.4 is 10.9 Å². The number of rotatable bonds is 13. The van der Waals surface area contributed by atoms with E-state index in [2.05, 4.69) is 75.7 Å². The number of hydrogen-bond donors (Lipinski definition) is 2. The summed E-state index contributed by atoms with van der Waals surface area (Å²) in [5.74, 6) is 0.997. The molecule has 48 heavy (non-hydrogen) atoms. The lowest BCUT2D eigenvalue weighted by atomic mass is 10.1. The normalized spacial score (nSPS) is 13.5. The van der Waals surface area contributed by atoms with E-state index >= 15 is 0 Å². The molecular weight excluding hydrogens is 602 g/mol. The molecule has 0 aliphatic carbocycles. The van der Waals surface area contributed by atoms with Crippen LogP contribution in [0.5, 0.6) is 0 Å². The van der Waals surface area contributed by atoms with E-state index in [1.54, 1.807) is 0 Å². The van der Waals surface area contributed by atoms with Crippen LogP contribution in [0.15, 0.2) is 59.4 Å². The molecule has 6 aromatic rings. The number of H-pyrrole nitrogens is 1. The van der Waals surface area contributed by atoms with Crippen LogP contribution in [0.3, 0.4) is 0 Å². The number of aromatic amines is 1. The van der Waals surface area contributed by atoms with Crippen molar-refractivity contribution in [2.24, 2.45) is 0 Å². The molecule has 0 spiro atoms. The summed E-state index contributed by atoms with van der Waals surface area (Å²) in [6.45, 7) is 8.01. The van der Waals surface area contributed by atoms with Gasteiger partial charge in [-0.05, 0) is 62.6 Å². The summed E-state index contributed by atoms with van der Waals surface area (Å²) < 4.78 is 4.57. The topological polar surface area (TPSA) is 118 Å². The second kappa shape index (κ2) is 13.6. The molecule has 2 amide bonds. The summed E-state index contributed by atoms with van der Waals surface area (Å²) >= 11 is 0. The molecule has 1 saturated heterocycles. The molecule has 10 nitrogen and oxygen atoms in total. The van der Waals surface area contributed by atoms with Gasteiger partial charge in [-0.1, -0.05) is 38.0 Å². The van der Waals surface area contributed by atoms with E-state index < -0.39 is 0 Å². The van der Waals surface area contributed by atoms with E-state index in [-0.39, 0.29) is 30.2 Å². The Morgan fingerprint density at radius 2 is 1.73 bits per heavy atom. The molecule has 4 heterocycles. The smallest absolute Gasteiger partial charge is 0.270 e. The van der Waals surface area contributed by atoms with Crippen molar-refractivity contribution in [2.75, 3.05) is 19.6 Å². The number of carbonyl (C=O) groups excluding carboxylic acids is 2. The van der Waals surface area contributed by atoms with Gasteiger partial charge in [0.1, 0.15) is 11.5 Å². The number of imidazole rings is 1. The highest BCUT2D eigenvalue weighted by molar-refractivity contribution is 6.09. The molecule has 10 heteroatoms. The molecule has 3 aromatic heterocycles. The van der Waals surface area contributed by atoms with Crippen LogP contribution in [0.1, 0.15) is 64.5 Å². The minimum atomic E-state index is -0.284. The Hall–Kier alpha value is -4.99. The minimum absolute atomic E-state index is 0.0684. The number of unbranched alkanes of at least 4 members (excludes halogenated alkanes) is 2. The van der Waals surface area contributed by atoms with Gasteiger partial charge in [0.2, 0.25) is 11.8 Å². The SMILES string of the molecule is CCCCCNC(=O)CCc1nc2cc3c(cc2[nH]c1=O)nc(-c1ccc2c(c1)c1ccccc1n2CC)n3CCCN1CCCC1=O. The van der Waals surface area contributed by atoms with Crippen molar-refractivity contribution in [3.8, 4) is 11.4 Å². The first-order chi connectivity index (χ1) is 23.4. The van der Waals surface area contributed by atoms with Gasteiger partial charge >= 0.3 is 0 Å². The molecule has 0 unspecified atom stereocenters. The second-order valence-corrected chi connectivity index (χ2v) is 12.8. The number of nitrogens with one attached hydrogen (secondary N) is 2. The van der Waals surface area contributed by atoms with Gasteiger partial charge in [0.15, 0.2) is 0 Å². The Morgan fingerprint density at radius 3 is 2.54 bits per heavy atom. The van der Waals surface area contributed by atoms with Gasteiger partial charge in [-0.25, -0.2) is 9.97 Å². The van der Waals surface area contributed by atoms with Crippen LogP contribution in [-0.4, -0.2) is 60.4 Å². The molecule has 248 valence electrons. The van der Waals surface area contributed by atoms with Crippen LogP contribution in [-0.2, 0) is 29.1 Å². The van der Waals surface area contributed by atoms with Gasteiger partial charge in [0.25, 0.3) is 5.56 Å². The summed E-state index contributed by atoms with van der Waals surface area (Å²) in [5.41, 5.74) is 6.42. The average Bonchev–Trinajstić information content (AvgIpc) is 3.77. The summed E-state index contributed by atoms with van der Waals surface area (Å²) in [6, 6.07) is 18.9. The number of aromatic nitrogens is 5. The average molecular weight is 646 g/mol. The van der Waals surface area contributed by atoms with Crippen molar-refractivity contribution in [3.63, 3.8) is 0 Å².